The minimum absolute atomic E-state index is 0.189. The second kappa shape index (κ2) is 9.03. The first kappa shape index (κ1) is 22.5. The topological polar surface area (TPSA) is 130 Å². The number of benzene rings is 2. The summed E-state index contributed by atoms with van der Waals surface area (Å²) in [4.78, 5) is 34.0. The highest BCUT2D eigenvalue weighted by molar-refractivity contribution is 6.04. The Labute approximate surface area is 221 Å². The number of fused-ring (bicyclic) bond motifs is 2. The number of carbonyl (C=O) groups excluding carboxylic acids is 1. The van der Waals surface area contributed by atoms with E-state index in [4.69, 9.17) is 4.98 Å². The molecule has 10 heteroatoms. The average Bonchev–Trinajstić information content (AvgIpc) is 3.71. The van der Waals surface area contributed by atoms with Crippen LogP contribution in [0.5, 0.6) is 0 Å². The molecule has 10 nitrogen and oxygen atoms in total. The van der Waals surface area contributed by atoms with Gasteiger partial charge in [0.2, 0.25) is 0 Å². The van der Waals surface area contributed by atoms with Gasteiger partial charge in [0.05, 0.1) is 35.1 Å². The summed E-state index contributed by atoms with van der Waals surface area (Å²) in [7, 11) is 0. The zero-order valence-electron chi connectivity index (χ0n) is 20.8. The molecule has 39 heavy (non-hydrogen) atoms. The molecule has 0 radical (unpaired) electrons. The summed E-state index contributed by atoms with van der Waals surface area (Å²) >= 11 is 0. The van der Waals surface area contributed by atoms with Crippen LogP contribution in [0.2, 0.25) is 0 Å². The van der Waals surface area contributed by atoms with Gasteiger partial charge in [0.25, 0.3) is 5.91 Å². The third-order valence-electron chi connectivity index (χ3n) is 6.51. The Morgan fingerprint density at radius 2 is 1.87 bits per heavy atom. The van der Waals surface area contributed by atoms with Gasteiger partial charge in [-0.1, -0.05) is 24.3 Å². The van der Waals surface area contributed by atoms with Crippen molar-refractivity contribution in [2.24, 2.45) is 0 Å². The molecule has 0 saturated heterocycles. The average molecular weight is 512 g/mol. The van der Waals surface area contributed by atoms with Crippen LogP contribution in [0.4, 0.5) is 5.69 Å². The van der Waals surface area contributed by atoms with Gasteiger partial charge < -0.3 is 14.9 Å². The number of aromatic nitrogens is 8. The Morgan fingerprint density at radius 3 is 2.72 bits per heavy atom. The van der Waals surface area contributed by atoms with Crippen molar-refractivity contribution in [2.45, 2.75) is 6.92 Å². The Kier molecular flexibility index (Phi) is 5.22. The highest BCUT2D eigenvalue weighted by atomic mass is 16.1. The highest BCUT2D eigenvalue weighted by Crippen LogP contribution is 2.31. The summed E-state index contributed by atoms with van der Waals surface area (Å²) in [6, 6.07) is 18.9. The van der Waals surface area contributed by atoms with Crippen LogP contribution >= 0.6 is 0 Å². The number of nitrogens with zero attached hydrogens (tertiary/aromatic N) is 6. The molecule has 0 saturated carbocycles. The zero-order valence-corrected chi connectivity index (χ0v) is 20.8. The van der Waals surface area contributed by atoms with E-state index < -0.39 is 0 Å². The molecule has 0 spiro atoms. The molecule has 0 aliphatic rings. The molecule has 3 N–H and O–H groups in total. The minimum atomic E-state index is -0.189. The third-order valence-corrected chi connectivity index (χ3v) is 6.51. The standard InChI is InChI=1S/C29H21N9O/c1-17-15-38(16-32-17)24-9-10-31-27-26(24)34-28(35-27)25-22-12-19(7-8-23(22)36-37-25)20-11-21(14-30-13-20)33-29(39)18-5-3-2-4-6-18/h2-16H,1H3,(H,33,39)(H,36,37)(H,31,34,35). The number of hydrogen-bond donors (Lipinski definition) is 3. The van der Waals surface area contributed by atoms with Gasteiger partial charge in [-0.25, -0.2) is 15.0 Å². The number of hydrogen-bond acceptors (Lipinski definition) is 6. The van der Waals surface area contributed by atoms with Crippen LogP contribution in [0.25, 0.3) is 50.4 Å². The normalized spacial score (nSPS) is 11.3. The summed E-state index contributed by atoms with van der Waals surface area (Å²) in [5.74, 6) is 0.415. The molecule has 188 valence electrons. The summed E-state index contributed by atoms with van der Waals surface area (Å²) in [5.41, 5.74) is 7.71. The molecular weight excluding hydrogens is 490 g/mol. The fourth-order valence-corrected chi connectivity index (χ4v) is 4.60. The van der Waals surface area contributed by atoms with E-state index in [9.17, 15) is 4.79 Å². The minimum Gasteiger partial charge on any atom is -0.321 e. The van der Waals surface area contributed by atoms with Gasteiger partial charge >= 0.3 is 0 Å². The lowest BCUT2D eigenvalue weighted by Crippen LogP contribution is -2.11. The lowest BCUT2D eigenvalue weighted by atomic mass is 10.0. The maximum absolute atomic E-state index is 12.6. The summed E-state index contributed by atoms with van der Waals surface area (Å²) in [5, 5.41) is 11.5. The molecule has 5 aromatic heterocycles. The number of H-pyrrole nitrogens is 2. The molecule has 0 bridgehead atoms. The molecule has 2 aromatic carbocycles. The second-order valence-corrected chi connectivity index (χ2v) is 9.15. The van der Waals surface area contributed by atoms with E-state index in [1.54, 1.807) is 37.1 Å². The summed E-state index contributed by atoms with van der Waals surface area (Å²) in [6.45, 7) is 1.95. The predicted molar refractivity (Wildman–Crippen MR) is 148 cm³/mol. The van der Waals surface area contributed by atoms with E-state index in [-0.39, 0.29) is 5.91 Å². The van der Waals surface area contributed by atoms with Crippen LogP contribution in [-0.2, 0) is 0 Å². The molecule has 7 rings (SSSR count). The maximum atomic E-state index is 12.6. The van der Waals surface area contributed by atoms with E-state index in [1.165, 1.54) is 0 Å². The van der Waals surface area contributed by atoms with E-state index in [2.05, 4.69) is 35.5 Å². The number of carbonyl (C=O) groups is 1. The molecule has 0 atom stereocenters. The second-order valence-electron chi connectivity index (χ2n) is 9.15. The van der Waals surface area contributed by atoms with Gasteiger partial charge in [-0.15, -0.1) is 0 Å². The molecule has 0 unspecified atom stereocenters. The van der Waals surface area contributed by atoms with E-state index in [0.29, 0.717) is 28.4 Å². The number of nitrogens with one attached hydrogen (secondary N) is 3. The first-order valence-corrected chi connectivity index (χ1v) is 12.3. The van der Waals surface area contributed by atoms with Gasteiger partial charge in [-0.3, -0.25) is 14.9 Å². The molecule has 0 aliphatic carbocycles. The van der Waals surface area contributed by atoms with Crippen molar-refractivity contribution in [1.82, 2.24) is 39.7 Å². The monoisotopic (exact) mass is 511 g/mol. The van der Waals surface area contributed by atoms with Crippen molar-refractivity contribution >= 4 is 33.7 Å². The molecule has 1 amide bonds. The first-order valence-electron chi connectivity index (χ1n) is 12.3. The fraction of sp³-hybridized carbons (Fsp3) is 0.0345. The lowest BCUT2D eigenvalue weighted by molar-refractivity contribution is 0.102. The number of aryl methyl sites for hydroxylation is 1. The number of imidazole rings is 2. The number of amides is 1. The Hall–Kier alpha value is -5.64. The van der Waals surface area contributed by atoms with Gasteiger partial charge in [-0.05, 0) is 48.9 Å². The van der Waals surface area contributed by atoms with Crippen molar-refractivity contribution in [2.75, 3.05) is 5.32 Å². The molecule has 5 heterocycles. The maximum Gasteiger partial charge on any atom is 0.255 e. The van der Waals surface area contributed by atoms with Gasteiger partial charge in [-0.2, -0.15) is 5.10 Å². The zero-order chi connectivity index (χ0) is 26.3. The molecular formula is C29H21N9O. The van der Waals surface area contributed by atoms with Crippen molar-refractivity contribution in [3.8, 4) is 28.3 Å². The van der Waals surface area contributed by atoms with E-state index in [1.807, 2.05) is 66.2 Å². The van der Waals surface area contributed by atoms with E-state index >= 15 is 0 Å². The van der Waals surface area contributed by atoms with Crippen LogP contribution < -0.4 is 5.32 Å². The highest BCUT2D eigenvalue weighted by Gasteiger charge is 2.17. The van der Waals surface area contributed by atoms with Crippen LogP contribution in [0.15, 0.2) is 91.8 Å². The first-order chi connectivity index (χ1) is 19.1. The van der Waals surface area contributed by atoms with E-state index in [0.717, 1.165) is 38.9 Å². The van der Waals surface area contributed by atoms with Gasteiger partial charge in [0, 0.05) is 35.1 Å². The number of aromatic amines is 2. The molecule has 0 fully saturated rings. The SMILES string of the molecule is Cc1cn(-c2ccnc3[nH]c(-c4n[nH]c5ccc(-c6cncc(NC(=O)c7ccccc7)c6)cc45)nc23)cn1. The third kappa shape index (κ3) is 4.09. The van der Waals surface area contributed by atoms with Crippen molar-refractivity contribution in [3.05, 3.63) is 103 Å². The predicted octanol–water partition coefficient (Wildman–Crippen LogP) is 5.31. The van der Waals surface area contributed by atoms with Crippen LogP contribution in [0.3, 0.4) is 0 Å². The fourth-order valence-electron chi connectivity index (χ4n) is 4.60. The lowest BCUT2D eigenvalue weighted by Gasteiger charge is -2.08. The van der Waals surface area contributed by atoms with Crippen LogP contribution in [-0.4, -0.2) is 45.6 Å². The smallest absolute Gasteiger partial charge is 0.255 e. The van der Waals surface area contributed by atoms with Crippen molar-refractivity contribution < 1.29 is 4.79 Å². The van der Waals surface area contributed by atoms with Gasteiger partial charge in [0.15, 0.2) is 11.5 Å². The quantitative estimate of drug-likeness (QED) is 0.287. The van der Waals surface area contributed by atoms with Crippen molar-refractivity contribution in [1.29, 1.82) is 0 Å². The largest absolute Gasteiger partial charge is 0.321 e. The molecule has 0 aliphatic heterocycles. The Balaban J connectivity index is 1.25. The number of rotatable bonds is 5. The Morgan fingerprint density at radius 1 is 0.974 bits per heavy atom. The summed E-state index contributed by atoms with van der Waals surface area (Å²) < 4.78 is 1.93. The van der Waals surface area contributed by atoms with Crippen LogP contribution in [0.1, 0.15) is 16.1 Å². The summed E-state index contributed by atoms with van der Waals surface area (Å²) in [6.07, 6.45) is 8.85. The molecule has 7 aromatic rings. The van der Waals surface area contributed by atoms with Crippen molar-refractivity contribution in [3.63, 3.8) is 0 Å². The number of anilines is 1. The van der Waals surface area contributed by atoms with Gasteiger partial charge in [0.1, 0.15) is 11.2 Å². The van der Waals surface area contributed by atoms with Crippen LogP contribution in [0, 0.1) is 6.92 Å². The Bertz CT molecular complexity index is 1980. The number of pyridine rings is 2.